The van der Waals surface area contributed by atoms with Gasteiger partial charge in [0, 0.05) is 19.6 Å². The van der Waals surface area contributed by atoms with Gasteiger partial charge in [0.25, 0.3) is 0 Å². The standard InChI is InChI=1S/C14H26N2O2/c1-10(2)11-4-3-6-16(7-5-11)14(18)13-8-12(17)9-15-13/h10-13,15,17H,3-9H2,1-2H3. The van der Waals surface area contributed by atoms with Crippen LogP contribution >= 0.6 is 0 Å². The second kappa shape index (κ2) is 6.02. The Kier molecular flexibility index (Phi) is 4.62. The number of nitrogens with one attached hydrogen (secondary N) is 1. The molecule has 2 aliphatic rings. The van der Waals surface area contributed by atoms with Crippen molar-refractivity contribution in [2.75, 3.05) is 19.6 Å². The van der Waals surface area contributed by atoms with E-state index in [0.717, 1.165) is 31.8 Å². The molecule has 4 nitrogen and oxygen atoms in total. The van der Waals surface area contributed by atoms with Crippen molar-refractivity contribution in [3.8, 4) is 0 Å². The van der Waals surface area contributed by atoms with E-state index in [4.69, 9.17) is 0 Å². The van der Waals surface area contributed by atoms with Crippen LogP contribution in [0.15, 0.2) is 0 Å². The smallest absolute Gasteiger partial charge is 0.239 e. The number of amides is 1. The van der Waals surface area contributed by atoms with Gasteiger partial charge in [-0.3, -0.25) is 4.79 Å². The number of aliphatic hydroxyl groups excluding tert-OH is 1. The highest BCUT2D eigenvalue weighted by atomic mass is 16.3. The first-order chi connectivity index (χ1) is 8.58. The Morgan fingerprint density at radius 3 is 2.72 bits per heavy atom. The molecule has 0 spiro atoms. The Morgan fingerprint density at radius 2 is 2.11 bits per heavy atom. The fourth-order valence-corrected chi connectivity index (χ4v) is 3.13. The zero-order valence-corrected chi connectivity index (χ0v) is 11.6. The molecular weight excluding hydrogens is 228 g/mol. The summed E-state index contributed by atoms with van der Waals surface area (Å²) in [5.41, 5.74) is 0. The van der Waals surface area contributed by atoms with Crippen LogP contribution in [-0.4, -0.2) is 47.7 Å². The molecular formula is C14H26N2O2. The lowest BCUT2D eigenvalue weighted by Crippen LogP contribution is -2.44. The Labute approximate surface area is 110 Å². The van der Waals surface area contributed by atoms with Gasteiger partial charge in [0.05, 0.1) is 12.1 Å². The molecule has 104 valence electrons. The fourth-order valence-electron chi connectivity index (χ4n) is 3.13. The maximum absolute atomic E-state index is 12.3. The van der Waals surface area contributed by atoms with Crippen LogP contribution in [0.5, 0.6) is 0 Å². The summed E-state index contributed by atoms with van der Waals surface area (Å²) < 4.78 is 0. The van der Waals surface area contributed by atoms with Crippen LogP contribution in [0.2, 0.25) is 0 Å². The third kappa shape index (κ3) is 3.23. The normalized spacial score (nSPS) is 33.8. The largest absolute Gasteiger partial charge is 0.392 e. The molecule has 3 atom stereocenters. The summed E-state index contributed by atoms with van der Waals surface area (Å²) in [6, 6.07) is -0.157. The molecule has 3 unspecified atom stereocenters. The van der Waals surface area contributed by atoms with Crippen molar-refractivity contribution in [2.24, 2.45) is 11.8 Å². The van der Waals surface area contributed by atoms with Gasteiger partial charge in [0.2, 0.25) is 5.91 Å². The molecule has 2 aliphatic heterocycles. The molecule has 0 aromatic carbocycles. The Hall–Kier alpha value is -0.610. The summed E-state index contributed by atoms with van der Waals surface area (Å²) >= 11 is 0. The summed E-state index contributed by atoms with van der Waals surface area (Å²) in [4.78, 5) is 14.3. The van der Waals surface area contributed by atoms with Crippen molar-refractivity contribution in [1.29, 1.82) is 0 Å². The lowest BCUT2D eigenvalue weighted by atomic mass is 9.89. The first kappa shape index (κ1) is 13.8. The lowest BCUT2D eigenvalue weighted by molar-refractivity contribution is -0.133. The number of likely N-dealkylation sites (tertiary alicyclic amines) is 1. The predicted octanol–water partition coefficient (Wildman–Crippen LogP) is 0.994. The number of hydrogen-bond acceptors (Lipinski definition) is 3. The number of carbonyl (C=O) groups is 1. The van der Waals surface area contributed by atoms with E-state index in [2.05, 4.69) is 19.2 Å². The quantitative estimate of drug-likeness (QED) is 0.773. The van der Waals surface area contributed by atoms with E-state index in [1.807, 2.05) is 4.90 Å². The van der Waals surface area contributed by atoms with Crippen molar-refractivity contribution >= 4 is 5.91 Å². The van der Waals surface area contributed by atoms with Gasteiger partial charge in [-0.1, -0.05) is 13.8 Å². The highest BCUT2D eigenvalue weighted by Gasteiger charge is 2.32. The van der Waals surface area contributed by atoms with Crippen LogP contribution in [0.4, 0.5) is 0 Å². The monoisotopic (exact) mass is 254 g/mol. The maximum Gasteiger partial charge on any atom is 0.239 e. The van der Waals surface area contributed by atoms with Gasteiger partial charge < -0.3 is 15.3 Å². The van der Waals surface area contributed by atoms with Crippen molar-refractivity contribution in [3.63, 3.8) is 0 Å². The summed E-state index contributed by atoms with van der Waals surface area (Å²) in [5.74, 6) is 1.66. The fraction of sp³-hybridized carbons (Fsp3) is 0.929. The highest BCUT2D eigenvalue weighted by Crippen LogP contribution is 2.25. The number of aliphatic hydroxyl groups is 1. The molecule has 2 fully saturated rings. The van der Waals surface area contributed by atoms with E-state index in [1.54, 1.807) is 0 Å². The topological polar surface area (TPSA) is 52.6 Å². The van der Waals surface area contributed by atoms with Gasteiger partial charge in [-0.15, -0.1) is 0 Å². The maximum atomic E-state index is 12.3. The molecule has 4 heteroatoms. The van der Waals surface area contributed by atoms with Crippen LogP contribution < -0.4 is 5.32 Å². The molecule has 2 N–H and O–H groups in total. The molecule has 0 bridgehead atoms. The molecule has 2 saturated heterocycles. The molecule has 18 heavy (non-hydrogen) atoms. The summed E-state index contributed by atoms with van der Waals surface area (Å²) in [6.45, 7) is 6.87. The molecule has 1 amide bonds. The molecule has 0 aromatic rings. The zero-order valence-electron chi connectivity index (χ0n) is 11.6. The third-order valence-corrected chi connectivity index (χ3v) is 4.43. The van der Waals surface area contributed by atoms with E-state index in [9.17, 15) is 9.90 Å². The number of β-amino-alcohol motifs (C(OH)–C–C–N with tert-alkyl or cyclic N) is 1. The Morgan fingerprint density at radius 1 is 1.33 bits per heavy atom. The number of nitrogens with zero attached hydrogens (tertiary/aromatic N) is 1. The predicted molar refractivity (Wildman–Crippen MR) is 71.2 cm³/mol. The van der Waals surface area contributed by atoms with Crippen LogP contribution in [0.1, 0.15) is 39.5 Å². The van der Waals surface area contributed by atoms with Gasteiger partial charge in [-0.25, -0.2) is 0 Å². The van der Waals surface area contributed by atoms with Crippen molar-refractivity contribution in [3.05, 3.63) is 0 Å². The zero-order chi connectivity index (χ0) is 13.1. The van der Waals surface area contributed by atoms with Gasteiger partial charge in [-0.05, 0) is 37.5 Å². The average molecular weight is 254 g/mol. The number of carbonyl (C=O) groups excluding carboxylic acids is 1. The van der Waals surface area contributed by atoms with Crippen LogP contribution in [0.25, 0.3) is 0 Å². The van der Waals surface area contributed by atoms with E-state index >= 15 is 0 Å². The molecule has 0 radical (unpaired) electrons. The summed E-state index contributed by atoms with van der Waals surface area (Å²) in [5, 5.41) is 12.6. The molecule has 2 rings (SSSR count). The van der Waals surface area contributed by atoms with Gasteiger partial charge >= 0.3 is 0 Å². The van der Waals surface area contributed by atoms with E-state index in [-0.39, 0.29) is 18.1 Å². The SMILES string of the molecule is CC(C)C1CCCN(C(=O)C2CC(O)CN2)CC1. The lowest BCUT2D eigenvalue weighted by Gasteiger charge is -2.24. The van der Waals surface area contributed by atoms with Gasteiger partial charge in [0.1, 0.15) is 0 Å². The Balaban J connectivity index is 1.87. The second-order valence-electron chi connectivity index (χ2n) is 6.11. The van der Waals surface area contributed by atoms with E-state index < -0.39 is 0 Å². The van der Waals surface area contributed by atoms with E-state index in [0.29, 0.717) is 18.9 Å². The van der Waals surface area contributed by atoms with Crippen molar-refractivity contribution < 1.29 is 9.90 Å². The first-order valence-electron chi connectivity index (χ1n) is 7.28. The van der Waals surface area contributed by atoms with Gasteiger partial charge in [0.15, 0.2) is 0 Å². The number of rotatable bonds is 2. The van der Waals surface area contributed by atoms with Gasteiger partial charge in [-0.2, -0.15) is 0 Å². The molecule has 0 aromatic heterocycles. The minimum atomic E-state index is -0.352. The Bertz CT molecular complexity index is 294. The van der Waals surface area contributed by atoms with E-state index in [1.165, 1.54) is 6.42 Å². The molecule has 0 aliphatic carbocycles. The minimum absolute atomic E-state index is 0.157. The molecule has 0 saturated carbocycles. The first-order valence-corrected chi connectivity index (χ1v) is 7.28. The van der Waals surface area contributed by atoms with Crippen molar-refractivity contribution in [1.82, 2.24) is 10.2 Å². The second-order valence-corrected chi connectivity index (χ2v) is 6.11. The van der Waals surface area contributed by atoms with Crippen LogP contribution in [0, 0.1) is 11.8 Å². The third-order valence-electron chi connectivity index (χ3n) is 4.43. The summed E-state index contributed by atoms with van der Waals surface area (Å²) in [6.07, 6.45) is 3.70. The van der Waals surface area contributed by atoms with Crippen molar-refractivity contribution in [2.45, 2.75) is 51.7 Å². The van der Waals surface area contributed by atoms with Crippen LogP contribution in [0.3, 0.4) is 0 Å². The summed E-state index contributed by atoms with van der Waals surface area (Å²) in [7, 11) is 0. The average Bonchev–Trinajstić information content (AvgIpc) is 2.63. The van der Waals surface area contributed by atoms with Crippen LogP contribution in [-0.2, 0) is 4.79 Å². The highest BCUT2D eigenvalue weighted by molar-refractivity contribution is 5.82. The minimum Gasteiger partial charge on any atom is -0.392 e. The number of hydrogen-bond donors (Lipinski definition) is 2. The molecule has 2 heterocycles.